The largest absolute Gasteiger partial charge is 0.573 e. The maximum absolute atomic E-state index is 12.1. The Kier molecular flexibility index (Phi) is 3.09. The topological polar surface area (TPSA) is 67.9 Å². The van der Waals surface area contributed by atoms with Crippen LogP contribution in [0.4, 0.5) is 18.0 Å². The van der Waals surface area contributed by atoms with E-state index in [1.54, 1.807) is 6.07 Å². The van der Waals surface area contributed by atoms with Crippen LogP contribution in [0.2, 0.25) is 0 Å². The third-order valence-corrected chi connectivity index (χ3v) is 2.60. The third kappa shape index (κ3) is 2.78. The number of urea groups is 1. The zero-order valence-electron chi connectivity index (χ0n) is 9.81. The number of carbonyl (C=O) groups is 1. The number of nitrogens with two attached hydrogens (primary N) is 1. The number of hydrogen-bond donors (Lipinski definition) is 1. The molecule has 1 heterocycles. The maximum Gasteiger partial charge on any atom is 0.573 e. The monoisotopic (exact) mass is 273 g/mol. The molecule has 5 nitrogen and oxygen atoms in total. The summed E-state index contributed by atoms with van der Waals surface area (Å²) < 4.78 is 40.2. The summed E-state index contributed by atoms with van der Waals surface area (Å²) in [4.78, 5) is 16.1. The highest BCUT2D eigenvalue weighted by Gasteiger charge is 2.34. The second-order valence-corrected chi connectivity index (χ2v) is 3.95. The van der Waals surface area contributed by atoms with E-state index in [4.69, 9.17) is 5.73 Å². The molecule has 0 fully saturated rings. The number of halogens is 3. The van der Waals surface area contributed by atoms with Gasteiger partial charge in [0.05, 0.1) is 0 Å². The predicted octanol–water partition coefficient (Wildman–Crippen LogP) is 2.05. The van der Waals surface area contributed by atoms with Gasteiger partial charge in [-0.25, -0.2) is 4.79 Å². The Hall–Kier alpha value is -2.25. The van der Waals surface area contributed by atoms with Gasteiger partial charge in [-0.05, 0) is 17.7 Å². The number of rotatable bonds is 2. The van der Waals surface area contributed by atoms with Crippen LogP contribution in [-0.4, -0.2) is 30.2 Å². The molecule has 1 aromatic carbocycles. The number of aliphatic imine (C=N–C) groups is 1. The Labute approximate surface area is 106 Å². The van der Waals surface area contributed by atoms with Crippen LogP contribution >= 0.6 is 0 Å². The van der Waals surface area contributed by atoms with Gasteiger partial charge in [0, 0.05) is 7.05 Å². The summed E-state index contributed by atoms with van der Waals surface area (Å²) in [6.07, 6.45) is -4.77. The quantitative estimate of drug-likeness (QED) is 0.896. The van der Waals surface area contributed by atoms with E-state index in [2.05, 4.69) is 9.73 Å². The molecule has 1 atom stereocenters. The molecule has 0 spiro atoms. The van der Waals surface area contributed by atoms with Gasteiger partial charge < -0.3 is 15.4 Å². The lowest BCUT2D eigenvalue weighted by Gasteiger charge is -2.20. The van der Waals surface area contributed by atoms with E-state index in [1.807, 2.05) is 0 Å². The van der Waals surface area contributed by atoms with Crippen molar-refractivity contribution in [2.45, 2.75) is 12.4 Å². The standard InChI is InChI=1S/C11H10F3N3O2/c1-17-8(9(15)16-10(17)18)6-3-2-4-7(5-6)19-11(12,13)14/h2-5,8H,1H3,(H2,15,16,18). The summed E-state index contributed by atoms with van der Waals surface area (Å²) in [6, 6.07) is 4.07. The zero-order valence-corrected chi connectivity index (χ0v) is 9.81. The van der Waals surface area contributed by atoms with Gasteiger partial charge in [-0.2, -0.15) is 4.99 Å². The second kappa shape index (κ2) is 4.45. The van der Waals surface area contributed by atoms with Crippen LogP contribution in [-0.2, 0) is 0 Å². The highest BCUT2D eigenvalue weighted by molar-refractivity contribution is 6.03. The average Bonchev–Trinajstić information content (AvgIpc) is 2.51. The Balaban J connectivity index is 2.29. The van der Waals surface area contributed by atoms with E-state index in [0.717, 1.165) is 0 Å². The van der Waals surface area contributed by atoms with Crippen LogP contribution < -0.4 is 10.5 Å². The molecule has 0 saturated carbocycles. The third-order valence-electron chi connectivity index (χ3n) is 2.60. The van der Waals surface area contributed by atoms with Gasteiger partial charge in [-0.1, -0.05) is 12.1 Å². The van der Waals surface area contributed by atoms with Crippen LogP contribution in [0.25, 0.3) is 0 Å². The molecule has 0 bridgehead atoms. The van der Waals surface area contributed by atoms with Crippen molar-refractivity contribution in [3.8, 4) is 5.75 Å². The molecule has 2 amide bonds. The van der Waals surface area contributed by atoms with Crippen molar-refractivity contribution in [3.05, 3.63) is 29.8 Å². The average molecular weight is 273 g/mol. The summed E-state index contributed by atoms with van der Waals surface area (Å²) in [5.41, 5.74) is 5.99. The van der Waals surface area contributed by atoms with Crippen LogP contribution in [0.15, 0.2) is 29.3 Å². The fourth-order valence-electron chi connectivity index (χ4n) is 1.84. The second-order valence-electron chi connectivity index (χ2n) is 3.95. The molecule has 1 aromatic rings. The van der Waals surface area contributed by atoms with Crippen molar-refractivity contribution < 1.29 is 22.7 Å². The fraction of sp³-hybridized carbons (Fsp3) is 0.273. The predicted molar refractivity (Wildman–Crippen MR) is 60.6 cm³/mol. The molecule has 102 valence electrons. The van der Waals surface area contributed by atoms with Gasteiger partial charge in [0.25, 0.3) is 0 Å². The molecule has 0 saturated heterocycles. The van der Waals surface area contributed by atoms with Crippen molar-refractivity contribution in [2.75, 3.05) is 7.05 Å². The Morgan fingerprint density at radius 2 is 2.11 bits per heavy atom. The summed E-state index contributed by atoms with van der Waals surface area (Å²) in [5.74, 6) is -0.331. The van der Waals surface area contributed by atoms with Crippen LogP contribution in [0, 0.1) is 0 Å². The molecule has 0 aromatic heterocycles. The molecule has 8 heteroatoms. The minimum Gasteiger partial charge on any atom is -0.406 e. The highest BCUT2D eigenvalue weighted by atomic mass is 19.4. The van der Waals surface area contributed by atoms with E-state index in [-0.39, 0.29) is 11.6 Å². The first-order valence-electron chi connectivity index (χ1n) is 5.24. The smallest absolute Gasteiger partial charge is 0.406 e. The zero-order chi connectivity index (χ0) is 14.2. The normalized spacial score (nSPS) is 19.6. The SMILES string of the molecule is CN1C(=O)N=C(N)C1c1cccc(OC(F)(F)F)c1. The Morgan fingerprint density at radius 3 is 2.63 bits per heavy atom. The number of nitrogens with zero attached hydrogens (tertiary/aromatic N) is 2. The number of carbonyl (C=O) groups excluding carboxylic acids is 1. The van der Waals surface area contributed by atoms with Crippen LogP contribution in [0.3, 0.4) is 0 Å². The lowest BCUT2D eigenvalue weighted by molar-refractivity contribution is -0.274. The van der Waals surface area contributed by atoms with Crippen LogP contribution in [0.5, 0.6) is 5.75 Å². The van der Waals surface area contributed by atoms with Crippen molar-refractivity contribution in [1.82, 2.24) is 4.90 Å². The number of benzene rings is 1. The Bertz CT molecular complexity index is 542. The molecule has 1 aliphatic heterocycles. The first kappa shape index (κ1) is 13.2. The lowest BCUT2D eigenvalue weighted by atomic mass is 10.1. The molecule has 0 radical (unpaired) electrons. The van der Waals surface area contributed by atoms with Crippen molar-refractivity contribution >= 4 is 11.9 Å². The minimum atomic E-state index is -4.77. The summed E-state index contributed by atoms with van der Waals surface area (Å²) in [5, 5.41) is 0. The van der Waals surface area contributed by atoms with Gasteiger partial charge in [0.1, 0.15) is 17.6 Å². The van der Waals surface area contributed by atoms with Crippen LogP contribution in [0.1, 0.15) is 11.6 Å². The molecule has 1 unspecified atom stereocenters. The molecule has 2 rings (SSSR count). The number of likely N-dealkylation sites (N-methyl/N-ethyl adjacent to an activating group) is 1. The minimum absolute atomic E-state index is 0.0386. The van der Waals surface area contributed by atoms with Gasteiger partial charge >= 0.3 is 12.4 Å². The molecule has 0 aliphatic carbocycles. The first-order valence-corrected chi connectivity index (χ1v) is 5.24. The maximum atomic E-state index is 12.1. The van der Waals surface area contributed by atoms with Gasteiger partial charge in [0.2, 0.25) is 0 Å². The number of ether oxygens (including phenoxy) is 1. The van der Waals surface area contributed by atoms with Crippen molar-refractivity contribution in [1.29, 1.82) is 0 Å². The lowest BCUT2D eigenvalue weighted by Crippen LogP contribution is -2.30. The highest BCUT2D eigenvalue weighted by Crippen LogP contribution is 2.29. The Morgan fingerprint density at radius 1 is 1.42 bits per heavy atom. The fourth-order valence-corrected chi connectivity index (χ4v) is 1.84. The molecule has 19 heavy (non-hydrogen) atoms. The van der Waals surface area contributed by atoms with E-state index >= 15 is 0 Å². The number of hydrogen-bond acceptors (Lipinski definition) is 3. The number of amides is 2. The molecular formula is C11H10F3N3O2. The number of amidine groups is 1. The molecule has 1 aliphatic rings. The summed E-state index contributed by atoms with van der Waals surface area (Å²) in [6.45, 7) is 0. The molecular weight excluding hydrogens is 263 g/mol. The molecule has 2 N–H and O–H groups in total. The van der Waals surface area contributed by atoms with E-state index in [9.17, 15) is 18.0 Å². The summed E-state index contributed by atoms with van der Waals surface area (Å²) >= 11 is 0. The van der Waals surface area contributed by atoms with E-state index < -0.39 is 18.4 Å². The number of alkyl halides is 3. The summed E-state index contributed by atoms with van der Waals surface area (Å²) in [7, 11) is 1.47. The van der Waals surface area contributed by atoms with Gasteiger partial charge in [-0.15, -0.1) is 13.2 Å². The van der Waals surface area contributed by atoms with Gasteiger partial charge in [-0.3, -0.25) is 0 Å². The van der Waals surface area contributed by atoms with E-state index in [0.29, 0.717) is 5.56 Å². The van der Waals surface area contributed by atoms with Gasteiger partial charge in [0.15, 0.2) is 0 Å². The van der Waals surface area contributed by atoms with Crippen molar-refractivity contribution in [2.24, 2.45) is 10.7 Å². The first-order chi connectivity index (χ1) is 8.78. The van der Waals surface area contributed by atoms with Crippen molar-refractivity contribution in [3.63, 3.8) is 0 Å². The van der Waals surface area contributed by atoms with E-state index in [1.165, 1.54) is 30.1 Å².